The zero-order chi connectivity index (χ0) is 38.8. The molecule has 2 bridgehead atoms. The lowest BCUT2D eigenvalue weighted by atomic mass is 9.75. The summed E-state index contributed by atoms with van der Waals surface area (Å²) in [5.41, 5.74) is 9.35. The highest BCUT2D eigenvalue weighted by Crippen LogP contribution is 2.54. The summed E-state index contributed by atoms with van der Waals surface area (Å²) in [4.78, 5) is 59.7. The lowest BCUT2D eigenvalue weighted by Crippen LogP contribution is -2.56. The van der Waals surface area contributed by atoms with Gasteiger partial charge in [-0.1, -0.05) is 36.4 Å². The average Bonchev–Trinajstić information content (AvgIpc) is 4.10. The molecule has 3 aromatic rings. The number of methoxy groups -OCH3 is 2. The van der Waals surface area contributed by atoms with E-state index >= 15 is 0 Å². The average molecular weight is 756 g/mol. The molecular weight excluding hydrogens is 707 g/mol. The van der Waals surface area contributed by atoms with Crippen molar-refractivity contribution >= 4 is 40.5 Å². The fraction of sp³-hybridized carbons (Fsp3) is 0.432. The number of alkyl carbamates (subject to hydrolysis) is 1. The maximum atomic E-state index is 13.6. The summed E-state index contributed by atoms with van der Waals surface area (Å²) >= 11 is 0. The summed E-state index contributed by atoms with van der Waals surface area (Å²) < 4.78 is 10.2. The van der Waals surface area contributed by atoms with Crippen LogP contribution >= 0.6 is 0 Å². The molecule has 12 heteroatoms. The minimum Gasteiger partial charge on any atom is -0.453 e. The maximum Gasteiger partial charge on any atom is 0.407 e. The van der Waals surface area contributed by atoms with E-state index in [1.165, 1.54) is 26.2 Å². The molecule has 2 aromatic heterocycles. The molecule has 2 aliphatic carbocycles. The van der Waals surface area contributed by atoms with Crippen molar-refractivity contribution in [1.29, 1.82) is 0 Å². The van der Waals surface area contributed by atoms with Crippen molar-refractivity contribution in [1.82, 2.24) is 25.5 Å². The number of hydrogen-bond donors (Lipinski definition) is 2. The molecule has 3 fully saturated rings. The van der Waals surface area contributed by atoms with Crippen LogP contribution in [-0.4, -0.2) is 83.2 Å². The quantitative estimate of drug-likeness (QED) is 0.222. The number of likely N-dealkylation sites (tertiary alicyclic amines) is 1. The third kappa shape index (κ3) is 7.54. The zero-order valence-electron chi connectivity index (χ0n) is 32.2. The highest BCUT2D eigenvalue weighted by molar-refractivity contribution is 6.04. The third-order valence-electron chi connectivity index (χ3n) is 12.5. The normalized spacial score (nSPS) is 24.9. The monoisotopic (exact) mass is 755 g/mol. The van der Waals surface area contributed by atoms with Crippen molar-refractivity contribution in [2.45, 2.75) is 76.6 Å². The van der Waals surface area contributed by atoms with Crippen molar-refractivity contribution in [2.75, 3.05) is 20.8 Å². The van der Waals surface area contributed by atoms with E-state index in [4.69, 9.17) is 24.4 Å². The first kappa shape index (κ1) is 37.4. The molecule has 2 saturated carbocycles. The fourth-order valence-electron chi connectivity index (χ4n) is 9.48. The molecule has 290 valence electrons. The number of aromatic nitrogens is 2. The van der Waals surface area contributed by atoms with E-state index in [1.54, 1.807) is 19.3 Å². The van der Waals surface area contributed by atoms with Crippen LogP contribution in [0, 0.1) is 23.7 Å². The van der Waals surface area contributed by atoms with Crippen LogP contribution in [0.25, 0.3) is 22.4 Å². The number of rotatable bonds is 12. The van der Waals surface area contributed by atoms with Crippen molar-refractivity contribution < 1.29 is 23.9 Å². The van der Waals surface area contributed by atoms with Crippen LogP contribution in [-0.2, 0) is 25.6 Å². The number of ether oxygens (including phenoxy) is 2. The number of aliphatic imine (C=N–C) groups is 2. The lowest BCUT2D eigenvalue weighted by molar-refractivity contribution is -0.136. The number of carbonyl (C=O) groups excluding carboxylic acids is 3. The molecular formula is C44H49N7O5. The molecule has 56 heavy (non-hydrogen) atoms. The topological polar surface area (TPSA) is 147 Å². The first-order valence-electron chi connectivity index (χ1n) is 19.7. The van der Waals surface area contributed by atoms with E-state index in [9.17, 15) is 14.4 Å². The Labute approximate surface area is 327 Å². The molecule has 0 spiro atoms. The number of benzene rings is 1. The number of hydrogen-bond acceptors (Lipinski definition) is 9. The number of fused-ring (bicyclic) bond motifs is 2. The van der Waals surface area contributed by atoms with Gasteiger partial charge >= 0.3 is 6.09 Å². The fourth-order valence-corrected chi connectivity index (χ4v) is 9.48. The predicted molar refractivity (Wildman–Crippen MR) is 214 cm³/mol. The molecule has 3 amide bonds. The van der Waals surface area contributed by atoms with E-state index in [2.05, 4.69) is 45.9 Å². The van der Waals surface area contributed by atoms with Crippen LogP contribution in [0.1, 0.15) is 68.6 Å². The zero-order valence-corrected chi connectivity index (χ0v) is 32.2. The van der Waals surface area contributed by atoms with Crippen LogP contribution in [0.3, 0.4) is 0 Å². The molecule has 1 saturated heterocycles. The summed E-state index contributed by atoms with van der Waals surface area (Å²) in [6.07, 6.45) is 14.6. The number of pyridine rings is 2. The smallest absolute Gasteiger partial charge is 0.407 e. The Morgan fingerprint density at radius 2 is 1.61 bits per heavy atom. The summed E-state index contributed by atoms with van der Waals surface area (Å²) in [5.74, 6) is 1.07. The van der Waals surface area contributed by atoms with Gasteiger partial charge in [0, 0.05) is 92.9 Å². The van der Waals surface area contributed by atoms with Gasteiger partial charge in [0.25, 0.3) is 0 Å². The Kier molecular flexibility index (Phi) is 10.9. The second kappa shape index (κ2) is 16.3. The van der Waals surface area contributed by atoms with Crippen LogP contribution in [0.2, 0.25) is 0 Å². The lowest BCUT2D eigenvalue weighted by Gasteiger charge is -2.31. The first-order chi connectivity index (χ1) is 27.3. The minimum atomic E-state index is -0.864. The Balaban J connectivity index is 0.863. The molecule has 0 radical (unpaired) electrons. The number of nitrogens with zero attached hydrogens (tertiary/aromatic N) is 5. The summed E-state index contributed by atoms with van der Waals surface area (Å²) in [6.45, 7) is 2.84. The van der Waals surface area contributed by atoms with E-state index in [0.29, 0.717) is 31.3 Å². The number of nitrogens with one attached hydrogen (secondary N) is 2. The van der Waals surface area contributed by atoms with Crippen molar-refractivity contribution in [3.05, 3.63) is 96.2 Å². The Hall–Kier alpha value is -5.49. The SMILES string of the molecule is COC(=O)N[C@H](C(=O)N1CCC[C@H]1C1=NC=C(c2ccc(-c3ccc(C4=CN=C([C@H]5C6CCC(C6)C5C(=O)NCc5cccnc5)C4)cc3)nc2)C1)[C@@H](C)OC. The molecule has 8 rings (SSSR count). The van der Waals surface area contributed by atoms with Crippen LogP contribution < -0.4 is 10.6 Å². The van der Waals surface area contributed by atoms with Crippen LogP contribution in [0.5, 0.6) is 0 Å². The van der Waals surface area contributed by atoms with Crippen molar-refractivity contribution in [3.8, 4) is 11.3 Å². The Bertz CT molecular complexity index is 2080. The second-order valence-electron chi connectivity index (χ2n) is 15.6. The predicted octanol–water partition coefficient (Wildman–Crippen LogP) is 6.24. The van der Waals surface area contributed by atoms with Crippen molar-refractivity contribution in [2.24, 2.45) is 33.7 Å². The summed E-state index contributed by atoms with van der Waals surface area (Å²) in [5, 5.41) is 5.84. The molecule has 1 aromatic carbocycles. The summed E-state index contributed by atoms with van der Waals surface area (Å²) in [7, 11) is 2.79. The van der Waals surface area contributed by atoms with E-state index in [0.717, 1.165) is 77.0 Å². The highest BCUT2D eigenvalue weighted by atomic mass is 16.5. The molecule has 3 unspecified atom stereocenters. The van der Waals surface area contributed by atoms with Crippen LogP contribution in [0.4, 0.5) is 4.79 Å². The van der Waals surface area contributed by atoms with Gasteiger partial charge in [-0.05, 0) is 90.8 Å². The minimum absolute atomic E-state index is 0.0206. The van der Waals surface area contributed by atoms with Gasteiger partial charge in [0.15, 0.2) is 0 Å². The summed E-state index contributed by atoms with van der Waals surface area (Å²) in [6, 6.07) is 15.5. The molecule has 2 N–H and O–H groups in total. The maximum absolute atomic E-state index is 13.6. The van der Waals surface area contributed by atoms with Crippen molar-refractivity contribution in [3.63, 3.8) is 0 Å². The van der Waals surface area contributed by atoms with Gasteiger partial charge in [-0.2, -0.15) is 0 Å². The molecule has 7 atom stereocenters. The van der Waals surface area contributed by atoms with Gasteiger partial charge in [0.2, 0.25) is 11.8 Å². The number of amides is 3. The van der Waals surface area contributed by atoms with Crippen LogP contribution in [0.15, 0.2) is 89.5 Å². The standard InChI is InChI=1S/C44H49N7O5/c1-26(55-2)41(50-44(54)56-3)43(53)51-17-5-7-38(51)36-19-34(25-47-36)32-14-15-35(46-23-32)29-10-8-28(9-11-29)33-20-37(48-24-33)39-30-12-13-31(18-30)40(39)42(52)49-22-27-6-4-16-45-21-27/h4,6,8-11,14-16,21,23-26,30-31,38-41H,5,7,12-13,17-20,22H2,1-3H3,(H,49,52)(H,50,54)/t26-,30?,31?,38+,39-,40?,41+/m1/s1. The largest absolute Gasteiger partial charge is 0.453 e. The highest BCUT2D eigenvalue weighted by Gasteiger charge is 2.52. The number of allylic oxidation sites excluding steroid dienone is 2. The molecule has 12 nitrogen and oxygen atoms in total. The molecule has 5 aliphatic rings. The van der Waals surface area contributed by atoms with Gasteiger partial charge in [0.05, 0.1) is 24.9 Å². The molecule has 3 aliphatic heterocycles. The Morgan fingerprint density at radius 3 is 2.34 bits per heavy atom. The van der Waals surface area contributed by atoms with E-state index in [1.807, 2.05) is 41.7 Å². The van der Waals surface area contributed by atoms with E-state index in [-0.39, 0.29) is 29.7 Å². The second-order valence-corrected chi connectivity index (χ2v) is 15.6. The van der Waals surface area contributed by atoms with Gasteiger partial charge < -0.3 is 25.0 Å². The van der Waals surface area contributed by atoms with E-state index < -0.39 is 18.2 Å². The van der Waals surface area contributed by atoms with Gasteiger partial charge in [-0.25, -0.2) is 4.79 Å². The number of carbonyl (C=O) groups is 3. The molecule has 5 heterocycles. The third-order valence-corrected chi connectivity index (χ3v) is 12.5. The van der Waals surface area contributed by atoms with Gasteiger partial charge in [0.1, 0.15) is 6.04 Å². The van der Waals surface area contributed by atoms with Gasteiger partial charge in [-0.3, -0.25) is 29.5 Å². The van der Waals surface area contributed by atoms with Gasteiger partial charge in [-0.15, -0.1) is 0 Å². The Morgan fingerprint density at radius 1 is 0.875 bits per heavy atom. The first-order valence-corrected chi connectivity index (χ1v) is 19.7.